The number of benzene rings is 1. The van der Waals surface area contributed by atoms with Crippen LogP contribution < -0.4 is 10.6 Å². The maximum atomic E-state index is 12.9. The minimum absolute atomic E-state index is 0.0276. The molecule has 3 aromatic rings. The van der Waals surface area contributed by atoms with Crippen LogP contribution in [0.2, 0.25) is 0 Å². The number of amides is 1. The Morgan fingerprint density at radius 1 is 1.12 bits per heavy atom. The molecular formula is C24H32N6O3. The number of rotatable bonds is 11. The molecule has 0 saturated heterocycles. The van der Waals surface area contributed by atoms with Crippen LogP contribution in [0.4, 0.5) is 11.8 Å². The highest BCUT2D eigenvalue weighted by Gasteiger charge is 2.17. The Labute approximate surface area is 194 Å². The molecule has 1 aromatic carbocycles. The summed E-state index contributed by atoms with van der Waals surface area (Å²) in [6.07, 6.45) is 4.54. The third-order valence-corrected chi connectivity index (χ3v) is 5.47. The average Bonchev–Trinajstić information content (AvgIpc) is 3.21. The topological polar surface area (TPSA) is 111 Å². The zero-order valence-electron chi connectivity index (χ0n) is 19.7. The van der Waals surface area contributed by atoms with E-state index in [1.54, 1.807) is 23.6 Å². The van der Waals surface area contributed by atoms with E-state index >= 15 is 0 Å². The van der Waals surface area contributed by atoms with E-state index < -0.39 is 0 Å². The number of unbranched alkanes of at least 4 members (excludes halogenated alkanes) is 1. The summed E-state index contributed by atoms with van der Waals surface area (Å²) in [7, 11) is 0. The zero-order chi connectivity index (χ0) is 23.8. The van der Waals surface area contributed by atoms with E-state index in [0.717, 1.165) is 19.3 Å². The van der Waals surface area contributed by atoms with Crippen LogP contribution in [0.25, 0.3) is 11.2 Å². The van der Waals surface area contributed by atoms with Gasteiger partial charge >= 0.3 is 5.97 Å². The lowest BCUT2D eigenvalue weighted by atomic mass is 9.97. The summed E-state index contributed by atoms with van der Waals surface area (Å²) in [6.45, 7) is 9.12. The molecule has 176 valence electrons. The maximum Gasteiger partial charge on any atom is 0.326 e. The average molecular weight is 453 g/mol. The van der Waals surface area contributed by atoms with Crippen molar-refractivity contribution in [2.75, 3.05) is 23.8 Å². The highest BCUT2D eigenvalue weighted by molar-refractivity contribution is 6.04. The summed E-state index contributed by atoms with van der Waals surface area (Å²) in [5.74, 6) is 0.398. The van der Waals surface area contributed by atoms with E-state index in [9.17, 15) is 9.59 Å². The van der Waals surface area contributed by atoms with Crippen molar-refractivity contribution in [1.29, 1.82) is 0 Å². The fraction of sp³-hybridized carbons (Fsp3) is 0.458. The van der Waals surface area contributed by atoms with Gasteiger partial charge in [-0.1, -0.05) is 39.3 Å². The van der Waals surface area contributed by atoms with Crippen molar-refractivity contribution in [3.63, 3.8) is 0 Å². The van der Waals surface area contributed by atoms with Crippen molar-refractivity contribution in [3.05, 3.63) is 41.7 Å². The van der Waals surface area contributed by atoms with Gasteiger partial charge in [-0.15, -0.1) is 0 Å². The lowest BCUT2D eigenvalue weighted by molar-refractivity contribution is -0.143. The summed E-state index contributed by atoms with van der Waals surface area (Å²) in [4.78, 5) is 38.2. The van der Waals surface area contributed by atoms with Crippen LogP contribution in [-0.2, 0) is 16.1 Å². The first-order valence-corrected chi connectivity index (χ1v) is 11.5. The predicted molar refractivity (Wildman–Crippen MR) is 128 cm³/mol. The molecule has 2 N–H and O–H groups in total. The van der Waals surface area contributed by atoms with Crippen LogP contribution in [0, 0.1) is 0 Å². The molecule has 2 aromatic heterocycles. The molecule has 1 amide bonds. The van der Waals surface area contributed by atoms with E-state index in [1.165, 1.54) is 11.9 Å². The molecule has 0 bridgehead atoms. The van der Waals surface area contributed by atoms with Crippen molar-refractivity contribution in [2.45, 2.75) is 59.4 Å². The largest absolute Gasteiger partial charge is 0.465 e. The van der Waals surface area contributed by atoms with Crippen molar-refractivity contribution >= 4 is 34.8 Å². The molecular weight excluding hydrogens is 420 g/mol. The van der Waals surface area contributed by atoms with Gasteiger partial charge in [-0.05, 0) is 43.4 Å². The number of hydrogen-bond donors (Lipinski definition) is 2. The van der Waals surface area contributed by atoms with Crippen LogP contribution in [0.5, 0.6) is 0 Å². The van der Waals surface area contributed by atoms with Gasteiger partial charge in [0.15, 0.2) is 17.0 Å². The number of fused-ring (bicyclic) bond motifs is 1. The second-order valence-corrected chi connectivity index (χ2v) is 7.91. The predicted octanol–water partition coefficient (Wildman–Crippen LogP) is 4.37. The number of nitrogens with zero attached hydrogens (tertiary/aromatic N) is 4. The van der Waals surface area contributed by atoms with Gasteiger partial charge in [0.2, 0.25) is 5.95 Å². The number of aromatic nitrogens is 4. The van der Waals surface area contributed by atoms with Gasteiger partial charge in [0.25, 0.3) is 5.91 Å². The van der Waals surface area contributed by atoms with Crippen LogP contribution in [0.1, 0.15) is 68.8 Å². The second kappa shape index (κ2) is 11.4. The summed E-state index contributed by atoms with van der Waals surface area (Å²) in [5.41, 5.74) is 2.69. The monoisotopic (exact) mass is 452 g/mol. The fourth-order valence-corrected chi connectivity index (χ4v) is 3.34. The van der Waals surface area contributed by atoms with Gasteiger partial charge in [0.1, 0.15) is 6.54 Å². The normalized spacial score (nSPS) is 11.9. The third-order valence-electron chi connectivity index (χ3n) is 5.47. The number of ether oxygens (including phenoxy) is 1. The second-order valence-electron chi connectivity index (χ2n) is 7.91. The van der Waals surface area contributed by atoms with Gasteiger partial charge in [0.05, 0.1) is 12.9 Å². The van der Waals surface area contributed by atoms with Crippen LogP contribution >= 0.6 is 0 Å². The van der Waals surface area contributed by atoms with Gasteiger partial charge in [-0.2, -0.15) is 9.97 Å². The summed E-state index contributed by atoms with van der Waals surface area (Å²) < 4.78 is 6.64. The number of anilines is 2. The number of nitrogens with one attached hydrogen (secondary N) is 2. The molecule has 0 fully saturated rings. The molecule has 33 heavy (non-hydrogen) atoms. The molecule has 9 heteroatoms. The van der Waals surface area contributed by atoms with Crippen molar-refractivity contribution in [3.8, 4) is 0 Å². The Morgan fingerprint density at radius 3 is 2.55 bits per heavy atom. The minimum Gasteiger partial charge on any atom is -0.465 e. The van der Waals surface area contributed by atoms with Gasteiger partial charge in [-0.3, -0.25) is 14.9 Å². The standard InChI is InChI=1S/C24H32N6O3/c1-5-8-13-25-21-20-22(30(15-26-20)14-19(31)33-7-3)28-24(27-21)29-23(32)18-11-9-17(10-12-18)16(4)6-2/h9-12,15-16H,5-8,13-14H2,1-4H3,(H2,25,27,28,29,32). The quantitative estimate of drug-likeness (QED) is 0.328. The smallest absolute Gasteiger partial charge is 0.326 e. The third kappa shape index (κ3) is 6.06. The number of carbonyl (C=O) groups excluding carboxylic acids is 2. The maximum absolute atomic E-state index is 12.9. The molecule has 0 aliphatic heterocycles. The number of carbonyl (C=O) groups is 2. The SMILES string of the molecule is CCCCNc1nc(NC(=O)c2ccc(C(C)CC)cc2)nc2c1ncn2CC(=O)OCC. The Kier molecular flexibility index (Phi) is 8.34. The number of hydrogen-bond acceptors (Lipinski definition) is 7. The van der Waals surface area contributed by atoms with Crippen molar-refractivity contribution in [2.24, 2.45) is 0 Å². The molecule has 3 rings (SSSR count). The molecule has 2 heterocycles. The molecule has 0 saturated carbocycles. The molecule has 0 radical (unpaired) electrons. The lowest BCUT2D eigenvalue weighted by Crippen LogP contribution is -2.17. The number of imidazole rings is 1. The van der Waals surface area contributed by atoms with Crippen molar-refractivity contribution in [1.82, 2.24) is 19.5 Å². The van der Waals surface area contributed by atoms with E-state index in [0.29, 0.717) is 41.6 Å². The molecule has 0 aliphatic rings. The van der Waals surface area contributed by atoms with E-state index in [1.807, 2.05) is 12.1 Å². The van der Waals surface area contributed by atoms with E-state index in [-0.39, 0.29) is 24.4 Å². The first-order valence-electron chi connectivity index (χ1n) is 11.5. The Bertz CT molecular complexity index is 1090. The Balaban J connectivity index is 1.88. The molecule has 0 aliphatic carbocycles. The first kappa shape index (κ1) is 24.2. The molecule has 1 unspecified atom stereocenters. The summed E-state index contributed by atoms with van der Waals surface area (Å²) >= 11 is 0. The van der Waals surface area contributed by atoms with E-state index in [2.05, 4.69) is 46.4 Å². The van der Waals surface area contributed by atoms with Crippen LogP contribution in [0.15, 0.2) is 30.6 Å². The lowest BCUT2D eigenvalue weighted by Gasteiger charge is -2.11. The van der Waals surface area contributed by atoms with Crippen LogP contribution in [-0.4, -0.2) is 44.5 Å². The molecule has 9 nitrogen and oxygen atoms in total. The molecule has 1 atom stereocenters. The first-order chi connectivity index (χ1) is 16.0. The highest BCUT2D eigenvalue weighted by Crippen LogP contribution is 2.22. The fourth-order valence-electron chi connectivity index (χ4n) is 3.34. The molecule has 0 spiro atoms. The Morgan fingerprint density at radius 2 is 1.88 bits per heavy atom. The van der Waals surface area contributed by atoms with Gasteiger partial charge < -0.3 is 14.6 Å². The highest BCUT2D eigenvalue weighted by atomic mass is 16.5. The summed E-state index contributed by atoms with van der Waals surface area (Å²) in [6, 6.07) is 7.56. The Hall–Kier alpha value is -3.49. The van der Waals surface area contributed by atoms with Gasteiger partial charge in [0, 0.05) is 12.1 Å². The van der Waals surface area contributed by atoms with Gasteiger partial charge in [-0.25, -0.2) is 4.98 Å². The minimum atomic E-state index is -0.386. The van der Waals surface area contributed by atoms with Crippen molar-refractivity contribution < 1.29 is 14.3 Å². The van der Waals surface area contributed by atoms with E-state index in [4.69, 9.17) is 4.74 Å². The summed E-state index contributed by atoms with van der Waals surface area (Å²) in [5, 5.41) is 6.05. The van der Waals surface area contributed by atoms with Crippen LogP contribution in [0.3, 0.4) is 0 Å². The number of esters is 1. The zero-order valence-corrected chi connectivity index (χ0v) is 19.7.